The SMILES string of the molecule is CN1CCN(C)C(=N/O)/C1=N\O. The molecular formula is C6H12N4O2. The van der Waals surface area contributed by atoms with Crippen LogP contribution in [-0.2, 0) is 0 Å². The van der Waals surface area contributed by atoms with Gasteiger partial charge in [-0.1, -0.05) is 10.3 Å². The molecule has 1 rings (SSSR count). The number of hydrogen-bond acceptors (Lipinski definition) is 4. The van der Waals surface area contributed by atoms with Gasteiger partial charge in [0, 0.05) is 27.2 Å². The molecule has 12 heavy (non-hydrogen) atoms. The molecule has 0 spiro atoms. The number of hydrogen-bond donors (Lipinski definition) is 2. The number of rotatable bonds is 0. The maximum absolute atomic E-state index is 8.61. The Morgan fingerprint density at radius 2 is 1.33 bits per heavy atom. The second kappa shape index (κ2) is 3.29. The summed E-state index contributed by atoms with van der Waals surface area (Å²) in [6.45, 7) is 1.49. The lowest BCUT2D eigenvalue weighted by Crippen LogP contribution is -2.51. The highest BCUT2D eigenvalue weighted by atomic mass is 16.4. The van der Waals surface area contributed by atoms with Crippen molar-refractivity contribution in [2.24, 2.45) is 10.3 Å². The van der Waals surface area contributed by atoms with Crippen molar-refractivity contribution in [2.45, 2.75) is 0 Å². The minimum Gasteiger partial charge on any atom is -0.409 e. The third-order valence-corrected chi connectivity index (χ3v) is 1.88. The van der Waals surface area contributed by atoms with Crippen LogP contribution in [0.25, 0.3) is 0 Å². The summed E-state index contributed by atoms with van der Waals surface area (Å²) >= 11 is 0. The molecule has 0 aromatic rings. The molecule has 1 aliphatic rings. The van der Waals surface area contributed by atoms with Gasteiger partial charge in [0.15, 0.2) is 0 Å². The predicted octanol–water partition coefficient (Wildman–Crippen LogP) is -0.561. The van der Waals surface area contributed by atoms with E-state index in [-0.39, 0.29) is 11.7 Å². The maximum Gasteiger partial charge on any atom is 0.214 e. The van der Waals surface area contributed by atoms with Crippen LogP contribution in [-0.4, -0.2) is 59.1 Å². The Hall–Kier alpha value is -1.46. The fourth-order valence-corrected chi connectivity index (χ4v) is 1.10. The normalized spacial score (nSPS) is 25.5. The molecule has 0 saturated carbocycles. The average Bonchev–Trinajstić information content (AvgIpc) is 2.08. The van der Waals surface area contributed by atoms with Crippen molar-refractivity contribution in [3.05, 3.63) is 0 Å². The van der Waals surface area contributed by atoms with E-state index >= 15 is 0 Å². The first-order valence-corrected chi connectivity index (χ1v) is 3.57. The molecule has 0 aromatic carbocycles. The molecule has 2 N–H and O–H groups in total. The number of piperazine rings is 1. The third-order valence-electron chi connectivity index (χ3n) is 1.88. The lowest BCUT2D eigenvalue weighted by molar-refractivity contribution is 0.281. The van der Waals surface area contributed by atoms with Crippen LogP contribution in [0.1, 0.15) is 0 Å². The van der Waals surface area contributed by atoms with Gasteiger partial charge >= 0.3 is 0 Å². The van der Waals surface area contributed by atoms with E-state index in [2.05, 4.69) is 10.3 Å². The van der Waals surface area contributed by atoms with Gasteiger partial charge in [0.1, 0.15) is 0 Å². The van der Waals surface area contributed by atoms with Crippen molar-refractivity contribution in [3.8, 4) is 0 Å². The molecule has 0 bridgehead atoms. The topological polar surface area (TPSA) is 71.7 Å². The van der Waals surface area contributed by atoms with Gasteiger partial charge in [-0.05, 0) is 0 Å². The molecule has 0 amide bonds. The fourth-order valence-electron chi connectivity index (χ4n) is 1.10. The van der Waals surface area contributed by atoms with E-state index < -0.39 is 0 Å². The van der Waals surface area contributed by atoms with Crippen molar-refractivity contribution in [1.82, 2.24) is 9.80 Å². The van der Waals surface area contributed by atoms with Gasteiger partial charge < -0.3 is 20.2 Å². The van der Waals surface area contributed by atoms with Crippen LogP contribution in [0.2, 0.25) is 0 Å². The van der Waals surface area contributed by atoms with E-state index in [0.717, 1.165) is 13.1 Å². The molecule has 0 unspecified atom stereocenters. The first kappa shape index (κ1) is 8.63. The standard InChI is InChI=1S/C6H12N4O2/c1-9-3-4-10(2)6(8-12)5(9)7-11/h11-12H,3-4H2,1-2H3/b7-5+,8-6+. The molecule has 0 radical (unpaired) electrons. The van der Waals surface area contributed by atoms with Crippen LogP contribution in [0.3, 0.4) is 0 Å². The first-order chi connectivity index (χ1) is 5.70. The second-order valence-corrected chi connectivity index (χ2v) is 2.69. The zero-order valence-corrected chi connectivity index (χ0v) is 7.10. The fraction of sp³-hybridized carbons (Fsp3) is 0.667. The predicted molar refractivity (Wildman–Crippen MR) is 43.7 cm³/mol. The van der Waals surface area contributed by atoms with Gasteiger partial charge in [0.25, 0.3) is 0 Å². The lowest BCUT2D eigenvalue weighted by atomic mass is 10.3. The molecule has 6 heteroatoms. The largest absolute Gasteiger partial charge is 0.409 e. The zero-order valence-electron chi connectivity index (χ0n) is 7.10. The van der Waals surface area contributed by atoms with Crippen molar-refractivity contribution in [2.75, 3.05) is 27.2 Å². The first-order valence-electron chi connectivity index (χ1n) is 3.57. The number of oxime groups is 2. The summed E-state index contributed by atoms with van der Waals surface area (Å²) in [6, 6.07) is 0. The smallest absolute Gasteiger partial charge is 0.214 e. The van der Waals surface area contributed by atoms with Crippen LogP contribution >= 0.6 is 0 Å². The minimum absolute atomic E-state index is 0.284. The summed E-state index contributed by atoms with van der Waals surface area (Å²) in [4.78, 5) is 3.43. The Morgan fingerprint density at radius 1 is 1.00 bits per heavy atom. The highest BCUT2D eigenvalue weighted by Crippen LogP contribution is 2.02. The molecular weight excluding hydrogens is 160 g/mol. The van der Waals surface area contributed by atoms with Crippen LogP contribution in [0, 0.1) is 0 Å². The molecule has 1 aliphatic heterocycles. The maximum atomic E-state index is 8.61. The van der Waals surface area contributed by atoms with Gasteiger partial charge in [-0.2, -0.15) is 0 Å². The summed E-state index contributed by atoms with van der Waals surface area (Å²) in [7, 11) is 3.54. The number of likely N-dealkylation sites (N-methyl/N-ethyl adjacent to an activating group) is 2. The van der Waals surface area contributed by atoms with E-state index in [1.54, 1.807) is 23.9 Å². The van der Waals surface area contributed by atoms with Crippen LogP contribution in [0.4, 0.5) is 0 Å². The molecule has 0 aliphatic carbocycles. The van der Waals surface area contributed by atoms with Crippen LogP contribution in [0.15, 0.2) is 10.3 Å². The van der Waals surface area contributed by atoms with E-state index in [9.17, 15) is 0 Å². The Morgan fingerprint density at radius 3 is 1.58 bits per heavy atom. The molecule has 1 saturated heterocycles. The second-order valence-electron chi connectivity index (χ2n) is 2.69. The summed E-state index contributed by atoms with van der Waals surface area (Å²) in [5, 5.41) is 23.3. The molecule has 1 heterocycles. The van der Waals surface area contributed by atoms with Gasteiger partial charge in [0.05, 0.1) is 0 Å². The van der Waals surface area contributed by atoms with Crippen molar-refractivity contribution < 1.29 is 10.4 Å². The van der Waals surface area contributed by atoms with Crippen LogP contribution < -0.4 is 0 Å². The molecule has 6 nitrogen and oxygen atoms in total. The van der Waals surface area contributed by atoms with Crippen LogP contribution in [0.5, 0.6) is 0 Å². The van der Waals surface area contributed by atoms with E-state index in [4.69, 9.17) is 10.4 Å². The van der Waals surface area contributed by atoms with Crippen molar-refractivity contribution >= 4 is 11.7 Å². The summed E-state index contributed by atoms with van der Waals surface area (Å²) < 4.78 is 0. The van der Waals surface area contributed by atoms with E-state index in [0.29, 0.717) is 0 Å². The highest BCUT2D eigenvalue weighted by Gasteiger charge is 2.24. The number of nitrogens with zero attached hydrogens (tertiary/aromatic N) is 4. The lowest BCUT2D eigenvalue weighted by Gasteiger charge is -2.32. The third kappa shape index (κ3) is 1.27. The quantitative estimate of drug-likeness (QED) is 0.379. The summed E-state index contributed by atoms with van der Waals surface area (Å²) in [6.07, 6.45) is 0. The average molecular weight is 172 g/mol. The van der Waals surface area contributed by atoms with Gasteiger partial charge in [0.2, 0.25) is 11.7 Å². The van der Waals surface area contributed by atoms with E-state index in [1.165, 1.54) is 0 Å². The summed E-state index contributed by atoms with van der Waals surface area (Å²) in [5.74, 6) is 0.567. The van der Waals surface area contributed by atoms with Crippen molar-refractivity contribution in [1.29, 1.82) is 0 Å². The monoisotopic (exact) mass is 172 g/mol. The van der Waals surface area contributed by atoms with Crippen molar-refractivity contribution in [3.63, 3.8) is 0 Å². The number of amidine groups is 2. The van der Waals surface area contributed by atoms with Gasteiger partial charge in [-0.3, -0.25) is 0 Å². The van der Waals surface area contributed by atoms with E-state index in [1.807, 2.05) is 0 Å². The highest BCUT2D eigenvalue weighted by molar-refractivity contribution is 6.40. The molecule has 68 valence electrons. The minimum atomic E-state index is 0.284. The Balaban J connectivity index is 2.91. The molecule has 0 aromatic heterocycles. The molecule has 0 atom stereocenters. The zero-order chi connectivity index (χ0) is 9.14. The summed E-state index contributed by atoms with van der Waals surface area (Å²) in [5.41, 5.74) is 0. The Labute approximate surface area is 70.4 Å². The molecule has 1 fully saturated rings. The van der Waals surface area contributed by atoms with Gasteiger partial charge in [-0.25, -0.2) is 0 Å². The Bertz CT molecular complexity index is 202. The van der Waals surface area contributed by atoms with Gasteiger partial charge in [-0.15, -0.1) is 0 Å². The Kier molecular flexibility index (Phi) is 2.37.